The second kappa shape index (κ2) is 12.4. The van der Waals surface area contributed by atoms with E-state index in [1.165, 1.54) is 0 Å². The number of para-hydroxylation sites is 1. The van der Waals surface area contributed by atoms with Crippen LogP contribution in [0.25, 0.3) is 11.0 Å². The van der Waals surface area contributed by atoms with Crippen LogP contribution in [-0.2, 0) is 13.6 Å². The van der Waals surface area contributed by atoms with Gasteiger partial charge in [0.25, 0.3) is 0 Å². The average molecular weight is 481 g/mol. The van der Waals surface area contributed by atoms with Crippen LogP contribution in [0.4, 0.5) is 0 Å². The van der Waals surface area contributed by atoms with Crippen molar-refractivity contribution >= 4 is 27.7 Å². The second-order valence-electron chi connectivity index (χ2n) is 10.8. The summed E-state index contributed by atoms with van der Waals surface area (Å²) in [5, 5.41) is 8.76. The molecule has 0 radical (unpaired) electrons. The van der Waals surface area contributed by atoms with Gasteiger partial charge in [0.1, 0.15) is 5.52 Å². The van der Waals surface area contributed by atoms with Crippen LogP contribution in [0.1, 0.15) is 26.5 Å². The molecule has 9 heteroatoms. The fourth-order valence-corrected chi connectivity index (χ4v) is 4.68. The Morgan fingerprint density at radius 2 is 1.50 bits per heavy atom. The monoisotopic (exact) mass is 480 g/mol. The molecule has 2 rings (SSSR count). The SMILES string of the molecule is CC(C)COC(CCN(CCO[Si](C)(C)C)CCO[Si](C)(C)C)n1nnc2ccccc21. The standard InChI is InChI=1S/C23H44N4O3Si2/c1-20(2)19-28-23(27-22-12-10-9-11-21(22)24-25-27)13-14-26(15-17-29-31(3,4)5)16-18-30-32(6,7)8/h9-12,20,23H,13-19H2,1-8H3. The lowest BCUT2D eigenvalue weighted by Crippen LogP contribution is -2.38. The van der Waals surface area contributed by atoms with Crippen LogP contribution in [0.3, 0.4) is 0 Å². The van der Waals surface area contributed by atoms with E-state index >= 15 is 0 Å². The summed E-state index contributed by atoms with van der Waals surface area (Å²) in [6, 6.07) is 8.06. The van der Waals surface area contributed by atoms with Gasteiger partial charge in [0.15, 0.2) is 22.9 Å². The molecule has 0 fully saturated rings. The first-order chi connectivity index (χ1) is 14.9. The summed E-state index contributed by atoms with van der Waals surface area (Å²) in [5.41, 5.74) is 1.91. The first kappa shape index (κ1) is 27.1. The third kappa shape index (κ3) is 10.2. The predicted molar refractivity (Wildman–Crippen MR) is 137 cm³/mol. The van der Waals surface area contributed by atoms with E-state index in [1.54, 1.807) is 0 Å². The van der Waals surface area contributed by atoms with Crippen molar-refractivity contribution in [3.05, 3.63) is 24.3 Å². The zero-order valence-corrected chi connectivity index (χ0v) is 23.4. The van der Waals surface area contributed by atoms with Gasteiger partial charge < -0.3 is 13.6 Å². The Kier molecular flexibility index (Phi) is 10.5. The van der Waals surface area contributed by atoms with E-state index in [0.29, 0.717) is 12.5 Å². The van der Waals surface area contributed by atoms with Crippen LogP contribution in [0.15, 0.2) is 24.3 Å². The van der Waals surface area contributed by atoms with Crippen LogP contribution in [-0.4, -0.2) is 76.0 Å². The van der Waals surface area contributed by atoms with Gasteiger partial charge in [-0.15, -0.1) is 5.10 Å². The Labute approximate surface area is 196 Å². The average Bonchev–Trinajstić information content (AvgIpc) is 3.09. The lowest BCUT2D eigenvalue weighted by Gasteiger charge is -2.28. The molecule has 182 valence electrons. The number of nitrogens with zero attached hydrogens (tertiary/aromatic N) is 4. The lowest BCUT2D eigenvalue weighted by molar-refractivity contribution is -0.0289. The summed E-state index contributed by atoms with van der Waals surface area (Å²) in [5.74, 6) is 0.457. The first-order valence-corrected chi connectivity index (χ1v) is 18.7. The normalized spacial score (nSPS) is 14.1. The number of fused-ring (bicyclic) bond motifs is 1. The van der Waals surface area contributed by atoms with Gasteiger partial charge in [-0.1, -0.05) is 31.2 Å². The largest absolute Gasteiger partial charge is 0.416 e. The molecule has 0 aliphatic rings. The van der Waals surface area contributed by atoms with Gasteiger partial charge in [0.05, 0.1) is 12.1 Å². The van der Waals surface area contributed by atoms with E-state index < -0.39 is 16.6 Å². The molecule has 0 amide bonds. The maximum Gasteiger partial charge on any atom is 0.183 e. The van der Waals surface area contributed by atoms with Crippen molar-refractivity contribution in [3.63, 3.8) is 0 Å². The first-order valence-electron chi connectivity index (χ1n) is 11.9. The highest BCUT2D eigenvalue weighted by Gasteiger charge is 2.21. The fourth-order valence-electron chi connectivity index (χ4n) is 3.27. The van der Waals surface area contributed by atoms with Gasteiger partial charge in [0, 0.05) is 39.3 Å². The van der Waals surface area contributed by atoms with Gasteiger partial charge in [0.2, 0.25) is 0 Å². The van der Waals surface area contributed by atoms with E-state index in [-0.39, 0.29) is 6.23 Å². The molecule has 0 saturated heterocycles. The number of hydrogen-bond donors (Lipinski definition) is 0. The van der Waals surface area contributed by atoms with E-state index in [9.17, 15) is 0 Å². The van der Waals surface area contributed by atoms with E-state index in [2.05, 4.69) is 74.4 Å². The number of rotatable bonds is 15. The molecule has 0 spiro atoms. The highest BCUT2D eigenvalue weighted by atomic mass is 28.4. The maximum absolute atomic E-state index is 6.31. The molecular weight excluding hydrogens is 436 g/mol. The quantitative estimate of drug-likeness (QED) is 0.334. The molecule has 32 heavy (non-hydrogen) atoms. The number of ether oxygens (including phenoxy) is 1. The van der Waals surface area contributed by atoms with E-state index in [0.717, 1.165) is 50.3 Å². The van der Waals surface area contributed by atoms with Crippen molar-refractivity contribution in [1.82, 2.24) is 19.9 Å². The maximum atomic E-state index is 6.31. The minimum absolute atomic E-state index is 0.150. The van der Waals surface area contributed by atoms with Crippen molar-refractivity contribution in [2.45, 2.75) is 65.8 Å². The number of hydrogen-bond acceptors (Lipinski definition) is 6. The van der Waals surface area contributed by atoms with Gasteiger partial charge >= 0.3 is 0 Å². The number of aromatic nitrogens is 3. The van der Waals surface area contributed by atoms with Crippen LogP contribution < -0.4 is 0 Å². The zero-order valence-electron chi connectivity index (χ0n) is 21.4. The Balaban J connectivity index is 2.06. The molecule has 0 aliphatic carbocycles. The summed E-state index contributed by atoms with van der Waals surface area (Å²) in [6.07, 6.45) is 0.683. The number of benzene rings is 1. The molecule has 1 atom stereocenters. The van der Waals surface area contributed by atoms with E-state index in [4.69, 9.17) is 13.6 Å². The molecule has 1 unspecified atom stereocenters. The molecule has 1 aromatic heterocycles. The summed E-state index contributed by atoms with van der Waals surface area (Å²) >= 11 is 0. The highest BCUT2D eigenvalue weighted by molar-refractivity contribution is 6.70. The lowest BCUT2D eigenvalue weighted by atomic mass is 10.2. The second-order valence-corrected chi connectivity index (χ2v) is 19.8. The molecule has 0 bridgehead atoms. The molecule has 0 saturated carbocycles. The van der Waals surface area contributed by atoms with E-state index in [1.807, 2.05) is 22.9 Å². The summed E-state index contributed by atoms with van der Waals surface area (Å²) in [6.45, 7) is 22.6. The molecule has 1 heterocycles. The van der Waals surface area contributed by atoms with Crippen molar-refractivity contribution in [2.24, 2.45) is 5.92 Å². The van der Waals surface area contributed by atoms with Gasteiger partial charge in [-0.25, -0.2) is 4.68 Å². The Morgan fingerprint density at radius 3 is 2.06 bits per heavy atom. The van der Waals surface area contributed by atoms with Gasteiger partial charge in [-0.2, -0.15) is 0 Å². The smallest absolute Gasteiger partial charge is 0.183 e. The topological polar surface area (TPSA) is 61.6 Å². The summed E-state index contributed by atoms with van der Waals surface area (Å²) in [7, 11) is -3.06. The Morgan fingerprint density at radius 1 is 0.906 bits per heavy atom. The van der Waals surface area contributed by atoms with Crippen molar-refractivity contribution in [2.75, 3.05) is 39.5 Å². The Hall–Kier alpha value is -1.11. The fraction of sp³-hybridized carbons (Fsp3) is 0.739. The van der Waals surface area contributed by atoms with Crippen molar-refractivity contribution in [1.29, 1.82) is 0 Å². The van der Waals surface area contributed by atoms with Crippen LogP contribution in [0, 0.1) is 5.92 Å². The summed E-state index contributed by atoms with van der Waals surface area (Å²) < 4.78 is 20.5. The predicted octanol–water partition coefficient (Wildman–Crippen LogP) is 5.00. The molecule has 1 aromatic carbocycles. The minimum Gasteiger partial charge on any atom is -0.416 e. The molecular formula is C23H44N4O3Si2. The third-order valence-corrected chi connectivity index (χ3v) is 6.99. The summed E-state index contributed by atoms with van der Waals surface area (Å²) in [4.78, 5) is 2.44. The highest BCUT2D eigenvalue weighted by Crippen LogP contribution is 2.21. The van der Waals surface area contributed by atoms with Gasteiger partial charge in [-0.05, 0) is 57.3 Å². The van der Waals surface area contributed by atoms with Crippen LogP contribution in [0.2, 0.25) is 39.3 Å². The zero-order chi connectivity index (χ0) is 23.8. The van der Waals surface area contributed by atoms with Crippen molar-refractivity contribution in [3.8, 4) is 0 Å². The minimum atomic E-state index is -1.53. The van der Waals surface area contributed by atoms with Crippen LogP contribution >= 0.6 is 0 Å². The third-order valence-electron chi connectivity index (χ3n) is 4.85. The van der Waals surface area contributed by atoms with Crippen LogP contribution in [0.5, 0.6) is 0 Å². The molecule has 2 aromatic rings. The molecule has 0 aliphatic heterocycles. The Bertz CT molecular complexity index is 782. The molecule has 7 nitrogen and oxygen atoms in total. The van der Waals surface area contributed by atoms with Crippen molar-refractivity contribution < 1.29 is 13.6 Å². The molecule has 0 N–H and O–H groups in total. The van der Waals surface area contributed by atoms with Gasteiger partial charge in [-0.3, -0.25) is 4.90 Å².